The first-order valence-electron chi connectivity index (χ1n) is 4.75. The number of nitrogens with one attached hydrogen (secondary N) is 1. The molecule has 13 heavy (non-hydrogen) atoms. The van der Waals surface area contributed by atoms with E-state index in [2.05, 4.69) is 25.3 Å². The Hall–Kier alpha value is -0.380. The van der Waals surface area contributed by atoms with Crippen molar-refractivity contribution in [3.05, 3.63) is 21.4 Å². The lowest BCUT2D eigenvalue weighted by Gasteiger charge is -2.12. The van der Waals surface area contributed by atoms with E-state index in [4.69, 9.17) is 5.84 Å². The average Bonchev–Trinajstić information content (AvgIpc) is 2.84. The van der Waals surface area contributed by atoms with E-state index in [9.17, 15) is 0 Å². The number of aryl methyl sites for hydroxylation is 2. The van der Waals surface area contributed by atoms with Gasteiger partial charge in [0, 0.05) is 9.75 Å². The van der Waals surface area contributed by atoms with Gasteiger partial charge in [0.15, 0.2) is 0 Å². The summed E-state index contributed by atoms with van der Waals surface area (Å²) in [5, 5.41) is 0. The highest BCUT2D eigenvalue weighted by molar-refractivity contribution is 7.12. The van der Waals surface area contributed by atoms with Gasteiger partial charge in [-0.2, -0.15) is 0 Å². The van der Waals surface area contributed by atoms with Gasteiger partial charge in [-0.15, -0.1) is 11.3 Å². The smallest absolute Gasteiger partial charge is 0.0581 e. The fourth-order valence-electron chi connectivity index (χ4n) is 1.64. The SMILES string of the molecule is Cc1cc(C(NN)C2CC2)sc1C. The third kappa shape index (κ3) is 1.77. The molecule has 1 aliphatic carbocycles. The second-order valence-electron chi connectivity index (χ2n) is 3.87. The minimum Gasteiger partial charge on any atom is -0.271 e. The molecule has 72 valence electrons. The number of hydrogen-bond acceptors (Lipinski definition) is 3. The molecule has 0 aromatic carbocycles. The van der Waals surface area contributed by atoms with Crippen molar-refractivity contribution in [1.29, 1.82) is 0 Å². The highest BCUT2D eigenvalue weighted by Crippen LogP contribution is 2.42. The van der Waals surface area contributed by atoms with Crippen molar-refractivity contribution in [3.63, 3.8) is 0 Å². The van der Waals surface area contributed by atoms with Crippen molar-refractivity contribution >= 4 is 11.3 Å². The molecule has 0 spiro atoms. The molecule has 1 saturated carbocycles. The maximum Gasteiger partial charge on any atom is 0.0581 e. The Morgan fingerprint density at radius 3 is 2.62 bits per heavy atom. The highest BCUT2D eigenvalue weighted by Gasteiger charge is 2.32. The zero-order chi connectivity index (χ0) is 9.42. The molecule has 0 amide bonds. The molecule has 1 aliphatic rings. The Bertz CT molecular complexity index is 282. The predicted molar refractivity (Wildman–Crippen MR) is 56.6 cm³/mol. The molecule has 0 bridgehead atoms. The molecule has 3 heteroatoms. The van der Waals surface area contributed by atoms with E-state index < -0.39 is 0 Å². The summed E-state index contributed by atoms with van der Waals surface area (Å²) in [6.45, 7) is 4.33. The molecule has 1 aromatic heterocycles. The number of hydrogen-bond donors (Lipinski definition) is 2. The van der Waals surface area contributed by atoms with Crippen LogP contribution in [0.3, 0.4) is 0 Å². The van der Waals surface area contributed by atoms with Gasteiger partial charge in [0.1, 0.15) is 0 Å². The summed E-state index contributed by atoms with van der Waals surface area (Å²) in [4.78, 5) is 2.82. The van der Waals surface area contributed by atoms with E-state index in [1.54, 1.807) is 0 Å². The highest BCUT2D eigenvalue weighted by atomic mass is 32.1. The van der Waals surface area contributed by atoms with Gasteiger partial charge >= 0.3 is 0 Å². The molecule has 1 atom stereocenters. The third-order valence-electron chi connectivity index (χ3n) is 2.76. The predicted octanol–water partition coefficient (Wildman–Crippen LogP) is 2.28. The molecule has 2 nitrogen and oxygen atoms in total. The monoisotopic (exact) mass is 196 g/mol. The van der Waals surface area contributed by atoms with Crippen molar-refractivity contribution in [1.82, 2.24) is 5.43 Å². The fourth-order valence-corrected chi connectivity index (χ4v) is 2.83. The summed E-state index contributed by atoms with van der Waals surface area (Å²) in [7, 11) is 0. The number of nitrogens with two attached hydrogens (primary N) is 1. The normalized spacial score (nSPS) is 19.0. The Balaban J connectivity index is 2.21. The first kappa shape index (κ1) is 9.19. The molecular weight excluding hydrogens is 180 g/mol. The minimum absolute atomic E-state index is 0.400. The topological polar surface area (TPSA) is 38.0 Å². The van der Waals surface area contributed by atoms with Crippen LogP contribution in [-0.2, 0) is 0 Å². The molecule has 2 rings (SSSR count). The molecule has 0 radical (unpaired) electrons. The van der Waals surface area contributed by atoms with Crippen LogP contribution in [0.2, 0.25) is 0 Å². The van der Waals surface area contributed by atoms with E-state index in [0.717, 1.165) is 5.92 Å². The zero-order valence-corrected chi connectivity index (χ0v) is 8.95. The van der Waals surface area contributed by atoms with Crippen LogP contribution in [0.15, 0.2) is 6.07 Å². The van der Waals surface area contributed by atoms with E-state index in [0.29, 0.717) is 6.04 Å². The molecule has 1 unspecified atom stereocenters. The van der Waals surface area contributed by atoms with Gasteiger partial charge in [-0.3, -0.25) is 11.3 Å². The van der Waals surface area contributed by atoms with Crippen LogP contribution in [0.1, 0.15) is 34.2 Å². The van der Waals surface area contributed by atoms with Crippen LogP contribution in [0.25, 0.3) is 0 Å². The van der Waals surface area contributed by atoms with Crippen LogP contribution in [0.4, 0.5) is 0 Å². The number of thiophene rings is 1. The lowest BCUT2D eigenvalue weighted by Crippen LogP contribution is -2.28. The standard InChI is InChI=1S/C10H16N2S/c1-6-5-9(13-7(6)2)10(12-11)8-3-4-8/h5,8,10,12H,3-4,11H2,1-2H3. The van der Waals surface area contributed by atoms with Gasteiger partial charge in [-0.1, -0.05) is 0 Å². The fraction of sp³-hybridized carbons (Fsp3) is 0.600. The second kappa shape index (κ2) is 3.40. The number of rotatable bonds is 3. The van der Waals surface area contributed by atoms with Gasteiger partial charge in [0.05, 0.1) is 6.04 Å². The Kier molecular flexibility index (Phi) is 2.41. The lowest BCUT2D eigenvalue weighted by molar-refractivity contribution is 0.504. The molecule has 1 aromatic rings. The summed E-state index contributed by atoms with van der Waals surface area (Å²) in [5.41, 5.74) is 4.32. The van der Waals surface area contributed by atoms with Crippen molar-refractivity contribution in [2.24, 2.45) is 11.8 Å². The van der Waals surface area contributed by atoms with Crippen molar-refractivity contribution in [2.45, 2.75) is 32.7 Å². The van der Waals surface area contributed by atoms with Gasteiger partial charge < -0.3 is 0 Å². The molecular formula is C10H16N2S. The van der Waals surface area contributed by atoms with Gasteiger partial charge in [-0.25, -0.2) is 0 Å². The summed E-state index contributed by atoms with van der Waals surface area (Å²) in [5.74, 6) is 6.34. The maximum absolute atomic E-state index is 5.56. The Labute approximate surface area is 83.1 Å². The number of hydrazine groups is 1. The summed E-state index contributed by atoms with van der Waals surface area (Å²) in [6, 6.07) is 2.67. The van der Waals surface area contributed by atoms with E-state index >= 15 is 0 Å². The summed E-state index contributed by atoms with van der Waals surface area (Å²) in [6.07, 6.45) is 2.65. The first-order chi connectivity index (χ1) is 6.22. The maximum atomic E-state index is 5.56. The third-order valence-corrected chi connectivity index (χ3v) is 4.00. The van der Waals surface area contributed by atoms with Gasteiger partial charge in [0.2, 0.25) is 0 Å². The Morgan fingerprint density at radius 2 is 2.23 bits per heavy atom. The zero-order valence-electron chi connectivity index (χ0n) is 8.13. The van der Waals surface area contributed by atoms with Gasteiger partial charge in [0.25, 0.3) is 0 Å². The summed E-state index contributed by atoms with van der Waals surface area (Å²) < 4.78 is 0. The average molecular weight is 196 g/mol. The lowest BCUT2D eigenvalue weighted by atomic mass is 10.1. The largest absolute Gasteiger partial charge is 0.271 e. The molecule has 0 aliphatic heterocycles. The quantitative estimate of drug-likeness (QED) is 0.575. The van der Waals surface area contributed by atoms with Crippen molar-refractivity contribution in [3.8, 4) is 0 Å². The minimum atomic E-state index is 0.400. The van der Waals surface area contributed by atoms with E-state index in [1.165, 1.54) is 28.2 Å². The van der Waals surface area contributed by atoms with Gasteiger partial charge in [-0.05, 0) is 44.2 Å². The van der Waals surface area contributed by atoms with Crippen LogP contribution in [0.5, 0.6) is 0 Å². The van der Waals surface area contributed by atoms with Crippen LogP contribution >= 0.6 is 11.3 Å². The van der Waals surface area contributed by atoms with Crippen LogP contribution < -0.4 is 11.3 Å². The molecule has 3 N–H and O–H groups in total. The molecule has 1 heterocycles. The van der Waals surface area contributed by atoms with Crippen LogP contribution in [0, 0.1) is 19.8 Å². The first-order valence-corrected chi connectivity index (χ1v) is 5.57. The van der Waals surface area contributed by atoms with E-state index in [1.807, 2.05) is 11.3 Å². The van der Waals surface area contributed by atoms with Crippen molar-refractivity contribution in [2.75, 3.05) is 0 Å². The molecule has 1 fully saturated rings. The van der Waals surface area contributed by atoms with E-state index in [-0.39, 0.29) is 0 Å². The Morgan fingerprint density at radius 1 is 1.54 bits per heavy atom. The van der Waals surface area contributed by atoms with Crippen molar-refractivity contribution < 1.29 is 0 Å². The summed E-state index contributed by atoms with van der Waals surface area (Å²) >= 11 is 1.87. The molecule has 0 saturated heterocycles. The second-order valence-corrected chi connectivity index (χ2v) is 5.16. The van der Waals surface area contributed by atoms with Crippen LogP contribution in [-0.4, -0.2) is 0 Å².